The average molecular weight is 317 g/mol. The van der Waals surface area contributed by atoms with E-state index in [2.05, 4.69) is 15.6 Å². The van der Waals surface area contributed by atoms with Gasteiger partial charge in [0, 0.05) is 36.5 Å². The van der Waals surface area contributed by atoms with E-state index in [0.29, 0.717) is 18.2 Å². The van der Waals surface area contributed by atoms with Crippen molar-refractivity contribution in [1.82, 2.24) is 15.6 Å². The van der Waals surface area contributed by atoms with Crippen molar-refractivity contribution >= 4 is 17.2 Å². The highest BCUT2D eigenvalue weighted by molar-refractivity contribution is 7.13. The summed E-state index contributed by atoms with van der Waals surface area (Å²) in [7, 11) is 0. The van der Waals surface area contributed by atoms with Crippen LogP contribution in [0.2, 0.25) is 0 Å². The SMILES string of the molecule is O=C(NCC1CNC1)c1csc(-c2ccc3c(c2)OCO3)n1. The van der Waals surface area contributed by atoms with Crippen LogP contribution < -0.4 is 20.1 Å². The Morgan fingerprint density at radius 3 is 3.05 bits per heavy atom. The largest absolute Gasteiger partial charge is 0.454 e. The number of nitrogens with one attached hydrogen (secondary N) is 2. The lowest BCUT2D eigenvalue weighted by atomic mass is 10.0. The molecule has 0 radical (unpaired) electrons. The summed E-state index contributed by atoms with van der Waals surface area (Å²) in [4.78, 5) is 16.5. The third-order valence-electron chi connectivity index (χ3n) is 3.77. The summed E-state index contributed by atoms with van der Waals surface area (Å²) in [6.07, 6.45) is 0. The van der Waals surface area contributed by atoms with Crippen molar-refractivity contribution in [2.75, 3.05) is 26.4 Å². The highest BCUT2D eigenvalue weighted by atomic mass is 32.1. The molecule has 0 saturated carbocycles. The molecule has 114 valence electrons. The lowest BCUT2D eigenvalue weighted by Crippen LogP contribution is -2.48. The molecule has 1 aromatic heterocycles. The molecule has 2 aromatic rings. The second kappa shape index (κ2) is 5.58. The van der Waals surface area contributed by atoms with Gasteiger partial charge in [-0.1, -0.05) is 0 Å². The molecule has 2 aliphatic heterocycles. The van der Waals surface area contributed by atoms with Gasteiger partial charge in [-0.3, -0.25) is 4.79 Å². The Labute approximate surface area is 131 Å². The Kier molecular flexibility index (Phi) is 3.44. The van der Waals surface area contributed by atoms with Gasteiger partial charge in [0.25, 0.3) is 5.91 Å². The summed E-state index contributed by atoms with van der Waals surface area (Å²) in [6.45, 7) is 2.89. The molecule has 0 bridgehead atoms. The van der Waals surface area contributed by atoms with Crippen molar-refractivity contribution in [2.24, 2.45) is 5.92 Å². The number of rotatable bonds is 4. The molecule has 1 fully saturated rings. The van der Waals surface area contributed by atoms with Crippen molar-refractivity contribution in [3.05, 3.63) is 29.3 Å². The third-order valence-corrected chi connectivity index (χ3v) is 4.67. The molecule has 2 aliphatic rings. The molecule has 1 aromatic carbocycles. The molecule has 2 N–H and O–H groups in total. The molecule has 1 amide bonds. The van der Waals surface area contributed by atoms with E-state index in [4.69, 9.17) is 9.47 Å². The van der Waals surface area contributed by atoms with Crippen LogP contribution in [0, 0.1) is 5.92 Å². The van der Waals surface area contributed by atoms with Gasteiger partial charge in [0.2, 0.25) is 6.79 Å². The van der Waals surface area contributed by atoms with Crippen LogP contribution in [0.3, 0.4) is 0 Å². The fourth-order valence-electron chi connectivity index (χ4n) is 2.36. The van der Waals surface area contributed by atoms with E-state index in [1.54, 1.807) is 5.38 Å². The van der Waals surface area contributed by atoms with E-state index >= 15 is 0 Å². The van der Waals surface area contributed by atoms with Crippen LogP contribution in [0.15, 0.2) is 23.6 Å². The van der Waals surface area contributed by atoms with Crippen LogP contribution in [0.5, 0.6) is 11.5 Å². The van der Waals surface area contributed by atoms with Crippen LogP contribution >= 0.6 is 11.3 Å². The fourth-order valence-corrected chi connectivity index (χ4v) is 3.16. The standard InChI is InChI=1S/C15H15N3O3S/c19-14(17-6-9-4-16-5-9)11-7-22-15(18-11)10-1-2-12-13(3-10)21-8-20-12/h1-3,7,9,16H,4-6,8H2,(H,17,19). The molecule has 7 heteroatoms. The van der Waals surface area contributed by atoms with Crippen molar-refractivity contribution < 1.29 is 14.3 Å². The number of amides is 1. The van der Waals surface area contributed by atoms with Crippen molar-refractivity contribution in [1.29, 1.82) is 0 Å². The number of carbonyl (C=O) groups is 1. The summed E-state index contributed by atoms with van der Waals surface area (Å²) < 4.78 is 10.7. The second-order valence-electron chi connectivity index (χ2n) is 5.34. The van der Waals surface area contributed by atoms with Gasteiger partial charge in [0.1, 0.15) is 10.7 Å². The third kappa shape index (κ3) is 2.53. The first kappa shape index (κ1) is 13.5. The maximum Gasteiger partial charge on any atom is 0.270 e. The Morgan fingerprint density at radius 2 is 2.23 bits per heavy atom. The number of fused-ring (bicyclic) bond motifs is 1. The average Bonchev–Trinajstić information content (AvgIpc) is 3.13. The lowest BCUT2D eigenvalue weighted by molar-refractivity contribution is 0.0938. The number of hydrogen-bond acceptors (Lipinski definition) is 6. The van der Waals surface area contributed by atoms with Gasteiger partial charge in [0.05, 0.1) is 0 Å². The van der Waals surface area contributed by atoms with Gasteiger partial charge in [-0.15, -0.1) is 11.3 Å². The van der Waals surface area contributed by atoms with Crippen LogP contribution in [0.1, 0.15) is 10.5 Å². The first-order valence-corrected chi connectivity index (χ1v) is 8.02. The van der Waals surface area contributed by atoms with Crippen LogP contribution in [-0.2, 0) is 0 Å². The minimum absolute atomic E-state index is 0.116. The molecule has 4 rings (SSSR count). The van der Waals surface area contributed by atoms with E-state index < -0.39 is 0 Å². The van der Waals surface area contributed by atoms with Crippen molar-refractivity contribution in [2.45, 2.75) is 0 Å². The summed E-state index contributed by atoms with van der Waals surface area (Å²) >= 11 is 1.45. The molecule has 6 nitrogen and oxygen atoms in total. The predicted octanol–water partition coefficient (Wildman–Crippen LogP) is 1.49. The van der Waals surface area contributed by atoms with E-state index in [1.807, 2.05) is 18.2 Å². The Hall–Kier alpha value is -2.12. The number of aromatic nitrogens is 1. The van der Waals surface area contributed by atoms with Crippen molar-refractivity contribution in [3.63, 3.8) is 0 Å². The molecular formula is C15H15N3O3S. The smallest absolute Gasteiger partial charge is 0.270 e. The van der Waals surface area contributed by atoms with Crippen LogP contribution in [0.4, 0.5) is 0 Å². The zero-order valence-electron chi connectivity index (χ0n) is 11.8. The molecular weight excluding hydrogens is 302 g/mol. The summed E-state index contributed by atoms with van der Waals surface area (Å²) in [5.41, 5.74) is 1.39. The highest BCUT2D eigenvalue weighted by Crippen LogP contribution is 2.36. The Morgan fingerprint density at radius 1 is 1.36 bits per heavy atom. The molecule has 0 aliphatic carbocycles. The molecule has 3 heterocycles. The van der Waals surface area contributed by atoms with E-state index in [9.17, 15) is 4.79 Å². The summed E-state index contributed by atoms with van der Waals surface area (Å²) in [6, 6.07) is 5.68. The van der Waals surface area contributed by atoms with Gasteiger partial charge in [0.15, 0.2) is 11.5 Å². The normalized spacial score (nSPS) is 16.4. The zero-order chi connectivity index (χ0) is 14.9. The van der Waals surface area contributed by atoms with Gasteiger partial charge in [-0.05, 0) is 18.2 Å². The molecule has 0 unspecified atom stereocenters. The van der Waals surface area contributed by atoms with Gasteiger partial charge < -0.3 is 20.1 Å². The first-order chi connectivity index (χ1) is 10.8. The minimum atomic E-state index is -0.116. The first-order valence-electron chi connectivity index (χ1n) is 7.14. The topological polar surface area (TPSA) is 72.5 Å². The molecule has 22 heavy (non-hydrogen) atoms. The molecule has 1 saturated heterocycles. The number of hydrogen-bond donors (Lipinski definition) is 2. The molecule has 0 spiro atoms. The lowest BCUT2D eigenvalue weighted by Gasteiger charge is -2.26. The summed E-state index contributed by atoms with van der Waals surface area (Å²) in [5, 5.41) is 8.70. The molecule has 0 atom stereocenters. The quantitative estimate of drug-likeness (QED) is 0.894. The maximum atomic E-state index is 12.1. The van der Waals surface area contributed by atoms with Crippen LogP contribution in [0.25, 0.3) is 10.6 Å². The number of ether oxygens (including phenoxy) is 2. The van der Waals surface area contributed by atoms with E-state index in [1.165, 1.54) is 11.3 Å². The maximum absolute atomic E-state index is 12.1. The number of nitrogens with zero attached hydrogens (tertiary/aromatic N) is 1. The van der Waals surface area contributed by atoms with E-state index in [0.717, 1.165) is 35.2 Å². The van der Waals surface area contributed by atoms with E-state index in [-0.39, 0.29) is 12.7 Å². The highest BCUT2D eigenvalue weighted by Gasteiger charge is 2.19. The second-order valence-corrected chi connectivity index (χ2v) is 6.20. The number of carbonyl (C=O) groups excluding carboxylic acids is 1. The fraction of sp³-hybridized carbons (Fsp3) is 0.333. The summed E-state index contributed by atoms with van der Waals surface area (Å²) in [5.74, 6) is 1.88. The minimum Gasteiger partial charge on any atom is -0.454 e. The van der Waals surface area contributed by atoms with Crippen molar-refractivity contribution in [3.8, 4) is 22.1 Å². The Bertz CT molecular complexity index is 712. The van der Waals surface area contributed by atoms with Gasteiger partial charge in [-0.25, -0.2) is 4.98 Å². The zero-order valence-corrected chi connectivity index (χ0v) is 12.6. The predicted molar refractivity (Wildman–Crippen MR) is 82.4 cm³/mol. The van der Waals surface area contributed by atoms with Gasteiger partial charge in [-0.2, -0.15) is 0 Å². The monoisotopic (exact) mass is 317 g/mol. The van der Waals surface area contributed by atoms with Gasteiger partial charge >= 0.3 is 0 Å². The Balaban J connectivity index is 1.47. The van der Waals surface area contributed by atoms with Crippen LogP contribution in [-0.4, -0.2) is 37.3 Å². The number of thiazole rings is 1. The number of benzene rings is 1.